The average molecular weight is 277 g/mol. The zero-order valence-corrected chi connectivity index (χ0v) is 11.7. The van der Waals surface area contributed by atoms with Gasteiger partial charge in [0.15, 0.2) is 0 Å². The van der Waals surface area contributed by atoms with Gasteiger partial charge in [0.25, 0.3) is 0 Å². The number of anilines is 1. The quantitative estimate of drug-likeness (QED) is 0.679. The Labute approximate surface area is 119 Å². The zero-order valence-electron chi connectivity index (χ0n) is 11.7. The molecule has 0 spiro atoms. The molecule has 5 nitrogen and oxygen atoms in total. The van der Waals surface area contributed by atoms with Crippen LogP contribution < -0.4 is 11.5 Å². The number of nitrogen functional groups attached to an aromatic ring is 1. The Morgan fingerprint density at radius 2 is 2.05 bits per heavy atom. The number of hydrogen-bond acceptors (Lipinski definition) is 4. The number of nitrogens with zero attached hydrogens (tertiary/aromatic N) is 1. The van der Waals surface area contributed by atoms with E-state index >= 15 is 0 Å². The molecule has 0 aliphatic heterocycles. The Bertz CT molecular complexity index is 470. The van der Waals surface area contributed by atoms with Gasteiger partial charge in [0.05, 0.1) is 6.61 Å². The highest BCUT2D eigenvalue weighted by molar-refractivity contribution is 5.93. The topological polar surface area (TPSA) is 92.6 Å². The summed E-state index contributed by atoms with van der Waals surface area (Å²) in [6.45, 7) is 1.51. The van der Waals surface area contributed by atoms with Crippen LogP contribution in [0.15, 0.2) is 18.2 Å². The third-order valence-corrected chi connectivity index (χ3v) is 4.03. The number of benzene rings is 1. The second kappa shape index (κ2) is 6.72. The van der Waals surface area contributed by atoms with Crippen LogP contribution in [-0.2, 0) is 6.54 Å². The van der Waals surface area contributed by atoms with E-state index in [4.69, 9.17) is 11.5 Å². The number of aliphatic hydroxyl groups excluding tert-OH is 1. The van der Waals surface area contributed by atoms with Crippen LogP contribution in [0.2, 0.25) is 0 Å². The van der Waals surface area contributed by atoms with Crippen molar-refractivity contribution in [3.8, 4) is 0 Å². The summed E-state index contributed by atoms with van der Waals surface area (Å²) in [5.74, 6) is -0.466. The van der Waals surface area contributed by atoms with E-state index in [1.807, 2.05) is 6.07 Å². The molecule has 1 fully saturated rings. The maximum Gasteiger partial charge on any atom is 0.248 e. The van der Waals surface area contributed by atoms with Crippen molar-refractivity contribution in [1.29, 1.82) is 0 Å². The molecule has 1 amide bonds. The highest BCUT2D eigenvalue weighted by Gasteiger charge is 2.22. The van der Waals surface area contributed by atoms with Gasteiger partial charge in [0.2, 0.25) is 5.91 Å². The van der Waals surface area contributed by atoms with E-state index in [0.717, 1.165) is 5.56 Å². The number of primary amides is 1. The van der Waals surface area contributed by atoms with Crippen LogP contribution in [0.25, 0.3) is 0 Å². The summed E-state index contributed by atoms with van der Waals surface area (Å²) in [4.78, 5) is 13.4. The van der Waals surface area contributed by atoms with E-state index in [2.05, 4.69) is 4.90 Å². The van der Waals surface area contributed by atoms with Gasteiger partial charge in [-0.1, -0.05) is 18.9 Å². The molecular weight excluding hydrogens is 254 g/mol. The molecule has 1 aliphatic carbocycles. The van der Waals surface area contributed by atoms with Crippen LogP contribution in [0.3, 0.4) is 0 Å². The van der Waals surface area contributed by atoms with Gasteiger partial charge in [-0.2, -0.15) is 0 Å². The smallest absolute Gasteiger partial charge is 0.248 e. The largest absolute Gasteiger partial charge is 0.398 e. The lowest BCUT2D eigenvalue weighted by molar-refractivity contribution is 0.100. The number of rotatable bonds is 6. The molecule has 5 heteroatoms. The molecule has 0 unspecified atom stereocenters. The number of carbonyl (C=O) groups excluding carboxylic acids is 1. The summed E-state index contributed by atoms with van der Waals surface area (Å²) < 4.78 is 0. The van der Waals surface area contributed by atoms with Crippen molar-refractivity contribution in [2.24, 2.45) is 5.73 Å². The molecule has 1 saturated carbocycles. The SMILES string of the molecule is NC(=O)c1ccc(CN(CCO)C2CCCC2)c(N)c1. The predicted octanol–water partition coefficient (Wildman–Crippen LogP) is 1.10. The van der Waals surface area contributed by atoms with Crippen molar-refractivity contribution in [2.45, 2.75) is 38.3 Å². The van der Waals surface area contributed by atoms with Gasteiger partial charge >= 0.3 is 0 Å². The van der Waals surface area contributed by atoms with Crippen molar-refractivity contribution >= 4 is 11.6 Å². The molecule has 20 heavy (non-hydrogen) atoms. The Kier molecular flexibility index (Phi) is 4.98. The number of carbonyl (C=O) groups is 1. The summed E-state index contributed by atoms with van der Waals surface area (Å²) >= 11 is 0. The predicted molar refractivity (Wildman–Crippen MR) is 79.1 cm³/mol. The molecule has 1 aromatic carbocycles. The Hall–Kier alpha value is -1.59. The summed E-state index contributed by atoms with van der Waals surface area (Å²) in [5.41, 5.74) is 13.2. The first kappa shape index (κ1) is 14.8. The second-order valence-corrected chi connectivity index (χ2v) is 5.41. The van der Waals surface area contributed by atoms with Crippen LogP contribution >= 0.6 is 0 Å². The van der Waals surface area contributed by atoms with Crippen molar-refractivity contribution in [3.63, 3.8) is 0 Å². The maximum absolute atomic E-state index is 11.1. The first-order chi connectivity index (χ1) is 9.61. The molecule has 0 radical (unpaired) electrons. The lowest BCUT2D eigenvalue weighted by Crippen LogP contribution is -2.35. The number of amides is 1. The van der Waals surface area contributed by atoms with Gasteiger partial charge < -0.3 is 16.6 Å². The molecule has 0 bridgehead atoms. The highest BCUT2D eigenvalue weighted by Crippen LogP contribution is 2.26. The normalized spacial score (nSPS) is 15.9. The van der Waals surface area contributed by atoms with Crippen LogP contribution in [-0.4, -0.2) is 35.1 Å². The molecule has 2 rings (SSSR count). The van der Waals surface area contributed by atoms with Crippen LogP contribution in [0.5, 0.6) is 0 Å². The lowest BCUT2D eigenvalue weighted by atomic mass is 10.1. The van der Waals surface area contributed by atoms with Crippen molar-refractivity contribution in [1.82, 2.24) is 4.90 Å². The lowest BCUT2D eigenvalue weighted by Gasteiger charge is -2.28. The maximum atomic E-state index is 11.1. The summed E-state index contributed by atoms with van der Waals surface area (Å²) in [6.07, 6.45) is 4.87. The van der Waals surface area contributed by atoms with E-state index in [1.165, 1.54) is 25.7 Å². The summed E-state index contributed by atoms with van der Waals surface area (Å²) in [5, 5.41) is 9.23. The van der Waals surface area contributed by atoms with Gasteiger partial charge in [-0.15, -0.1) is 0 Å². The van der Waals surface area contributed by atoms with Gasteiger partial charge in [-0.25, -0.2) is 0 Å². The molecule has 0 saturated heterocycles. The first-order valence-corrected chi connectivity index (χ1v) is 7.15. The average Bonchev–Trinajstić information content (AvgIpc) is 2.94. The van der Waals surface area contributed by atoms with Gasteiger partial charge in [0.1, 0.15) is 0 Å². The van der Waals surface area contributed by atoms with E-state index in [-0.39, 0.29) is 6.61 Å². The fourth-order valence-electron chi connectivity index (χ4n) is 2.90. The minimum atomic E-state index is -0.466. The highest BCUT2D eigenvalue weighted by atomic mass is 16.3. The van der Waals surface area contributed by atoms with Crippen molar-refractivity contribution in [2.75, 3.05) is 18.9 Å². The Morgan fingerprint density at radius 3 is 2.60 bits per heavy atom. The van der Waals surface area contributed by atoms with Crippen molar-refractivity contribution in [3.05, 3.63) is 29.3 Å². The molecule has 5 N–H and O–H groups in total. The van der Waals surface area contributed by atoms with E-state index < -0.39 is 5.91 Å². The van der Waals surface area contributed by atoms with Crippen LogP contribution in [0.4, 0.5) is 5.69 Å². The third kappa shape index (κ3) is 3.49. The standard InChI is InChI=1S/C15H23N3O2/c16-14-9-11(15(17)20)5-6-12(14)10-18(7-8-19)13-3-1-2-4-13/h5-6,9,13,19H,1-4,7-8,10,16H2,(H2,17,20). The molecule has 0 atom stereocenters. The fourth-order valence-corrected chi connectivity index (χ4v) is 2.90. The van der Waals surface area contributed by atoms with E-state index in [0.29, 0.717) is 30.4 Å². The van der Waals surface area contributed by atoms with Crippen LogP contribution in [0.1, 0.15) is 41.6 Å². The number of hydrogen-bond donors (Lipinski definition) is 3. The summed E-state index contributed by atoms with van der Waals surface area (Å²) in [6, 6.07) is 5.72. The van der Waals surface area contributed by atoms with Crippen LogP contribution in [0, 0.1) is 0 Å². The van der Waals surface area contributed by atoms with Gasteiger partial charge in [-0.3, -0.25) is 9.69 Å². The Balaban J connectivity index is 2.11. The number of aliphatic hydroxyl groups is 1. The molecule has 110 valence electrons. The molecule has 1 aliphatic rings. The molecule has 1 aromatic rings. The molecule has 0 aromatic heterocycles. The van der Waals surface area contributed by atoms with Gasteiger partial charge in [-0.05, 0) is 30.5 Å². The molecular formula is C15H23N3O2. The zero-order chi connectivity index (χ0) is 14.5. The van der Waals surface area contributed by atoms with E-state index in [1.54, 1.807) is 12.1 Å². The molecule has 0 heterocycles. The minimum absolute atomic E-state index is 0.149. The summed E-state index contributed by atoms with van der Waals surface area (Å²) in [7, 11) is 0. The first-order valence-electron chi connectivity index (χ1n) is 7.15. The monoisotopic (exact) mass is 277 g/mol. The third-order valence-electron chi connectivity index (χ3n) is 4.03. The van der Waals surface area contributed by atoms with Crippen molar-refractivity contribution < 1.29 is 9.90 Å². The van der Waals surface area contributed by atoms with Gasteiger partial charge in [0, 0.05) is 30.4 Å². The van der Waals surface area contributed by atoms with E-state index in [9.17, 15) is 9.90 Å². The minimum Gasteiger partial charge on any atom is -0.398 e. The fraction of sp³-hybridized carbons (Fsp3) is 0.533. The second-order valence-electron chi connectivity index (χ2n) is 5.41. The number of nitrogens with two attached hydrogens (primary N) is 2. The Morgan fingerprint density at radius 1 is 1.35 bits per heavy atom.